The first-order chi connectivity index (χ1) is 12.3. The maximum absolute atomic E-state index is 12.4. The first kappa shape index (κ1) is 15.8. The molecule has 0 saturated carbocycles. The average Bonchev–Trinajstić information content (AvgIpc) is 3.11. The van der Waals surface area contributed by atoms with Crippen LogP contribution < -0.4 is 5.48 Å². The molecule has 6 heteroatoms. The molecule has 0 aliphatic carbocycles. The van der Waals surface area contributed by atoms with Crippen molar-refractivity contribution >= 4 is 16.8 Å². The van der Waals surface area contributed by atoms with Crippen LogP contribution in [0.5, 0.6) is 0 Å². The van der Waals surface area contributed by atoms with Crippen LogP contribution in [0.25, 0.3) is 22.2 Å². The highest BCUT2D eigenvalue weighted by molar-refractivity contribution is 6.00. The summed E-state index contributed by atoms with van der Waals surface area (Å²) in [6, 6.07) is 14.9. The van der Waals surface area contributed by atoms with E-state index in [1.807, 2.05) is 30.3 Å². The van der Waals surface area contributed by atoms with Gasteiger partial charge in [-0.25, -0.2) is 10.3 Å². The molecule has 0 radical (unpaired) electrons. The van der Waals surface area contributed by atoms with E-state index in [2.05, 4.69) is 10.6 Å². The molecule has 1 saturated heterocycles. The number of ether oxygens (including phenoxy) is 1. The SMILES string of the molecule is O=C(NO[C@@H]1CCCCO1)c1ccc2noc(-c3ccccc3)c2c1. The van der Waals surface area contributed by atoms with E-state index in [4.69, 9.17) is 14.1 Å². The summed E-state index contributed by atoms with van der Waals surface area (Å²) in [4.78, 5) is 17.7. The van der Waals surface area contributed by atoms with Gasteiger partial charge in [-0.05, 0) is 31.0 Å². The van der Waals surface area contributed by atoms with Gasteiger partial charge in [-0.15, -0.1) is 0 Å². The normalized spacial score (nSPS) is 17.5. The van der Waals surface area contributed by atoms with Gasteiger partial charge in [0.1, 0.15) is 5.52 Å². The molecule has 2 heterocycles. The summed E-state index contributed by atoms with van der Waals surface area (Å²) in [6.07, 6.45) is 2.47. The Labute approximate surface area is 144 Å². The van der Waals surface area contributed by atoms with E-state index in [0.717, 1.165) is 30.2 Å². The van der Waals surface area contributed by atoms with Gasteiger partial charge in [0.2, 0.25) is 0 Å². The van der Waals surface area contributed by atoms with Gasteiger partial charge >= 0.3 is 0 Å². The fourth-order valence-electron chi connectivity index (χ4n) is 2.86. The van der Waals surface area contributed by atoms with Crippen LogP contribution in [-0.2, 0) is 9.57 Å². The quantitative estimate of drug-likeness (QED) is 0.735. The first-order valence-corrected chi connectivity index (χ1v) is 8.34. The monoisotopic (exact) mass is 338 g/mol. The molecule has 128 valence electrons. The van der Waals surface area contributed by atoms with Crippen LogP contribution in [0.3, 0.4) is 0 Å². The molecule has 1 N–H and O–H groups in total. The van der Waals surface area contributed by atoms with E-state index < -0.39 is 0 Å². The maximum atomic E-state index is 12.4. The largest absolute Gasteiger partial charge is 0.355 e. The van der Waals surface area contributed by atoms with Gasteiger partial charge in [0, 0.05) is 24.2 Å². The summed E-state index contributed by atoms with van der Waals surface area (Å²) >= 11 is 0. The summed E-state index contributed by atoms with van der Waals surface area (Å²) in [5.74, 6) is 0.318. The van der Waals surface area contributed by atoms with Crippen molar-refractivity contribution in [1.82, 2.24) is 10.6 Å². The second-order valence-corrected chi connectivity index (χ2v) is 5.95. The number of hydrogen-bond donors (Lipinski definition) is 1. The zero-order valence-corrected chi connectivity index (χ0v) is 13.6. The number of carbonyl (C=O) groups excluding carboxylic acids is 1. The van der Waals surface area contributed by atoms with Gasteiger partial charge < -0.3 is 9.26 Å². The number of amides is 1. The van der Waals surface area contributed by atoms with Crippen molar-refractivity contribution < 1.29 is 18.9 Å². The third kappa shape index (κ3) is 3.40. The van der Waals surface area contributed by atoms with Gasteiger partial charge in [0.15, 0.2) is 12.1 Å². The highest BCUT2D eigenvalue weighted by atomic mass is 16.8. The number of nitrogens with zero attached hydrogens (tertiary/aromatic N) is 1. The van der Waals surface area contributed by atoms with Gasteiger partial charge in [0.05, 0.1) is 5.39 Å². The van der Waals surface area contributed by atoms with Crippen molar-refractivity contribution in [3.05, 3.63) is 54.1 Å². The van der Waals surface area contributed by atoms with Gasteiger partial charge in [-0.3, -0.25) is 4.79 Å². The number of benzene rings is 2. The minimum atomic E-state index is -0.378. The molecular weight excluding hydrogens is 320 g/mol. The van der Waals surface area contributed by atoms with Crippen LogP contribution in [0, 0.1) is 0 Å². The molecule has 0 spiro atoms. The second-order valence-electron chi connectivity index (χ2n) is 5.95. The summed E-state index contributed by atoms with van der Waals surface area (Å²) in [6.45, 7) is 0.660. The highest BCUT2D eigenvalue weighted by Crippen LogP contribution is 2.29. The van der Waals surface area contributed by atoms with Crippen LogP contribution in [-0.4, -0.2) is 24.0 Å². The molecule has 2 aromatic carbocycles. The number of fused-ring (bicyclic) bond motifs is 1. The minimum Gasteiger partial charge on any atom is -0.355 e. The molecule has 6 nitrogen and oxygen atoms in total. The summed E-state index contributed by atoms with van der Waals surface area (Å²) in [5.41, 5.74) is 4.56. The number of hydrogen-bond acceptors (Lipinski definition) is 5. The van der Waals surface area contributed by atoms with Crippen molar-refractivity contribution in [2.45, 2.75) is 25.6 Å². The molecule has 0 unspecified atom stereocenters. The first-order valence-electron chi connectivity index (χ1n) is 8.34. The summed E-state index contributed by atoms with van der Waals surface area (Å²) < 4.78 is 10.9. The Balaban J connectivity index is 1.54. The number of aromatic nitrogens is 1. The lowest BCUT2D eigenvalue weighted by molar-refractivity contribution is -0.186. The Kier molecular flexibility index (Phi) is 4.45. The number of carbonyl (C=O) groups is 1. The third-order valence-electron chi connectivity index (χ3n) is 4.20. The standard InChI is InChI=1S/C19H18N2O4/c22-19(21-24-17-8-4-5-11-23-17)14-9-10-16-15(12-14)18(25-20-16)13-6-2-1-3-7-13/h1-3,6-7,9-10,12,17H,4-5,8,11H2,(H,21,22)/t17-/m1/s1. The summed E-state index contributed by atoms with van der Waals surface area (Å²) in [7, 11) is 0. The molecule has 0 bridgehead atoms. The second kappa shape index (κ2) is 7.04. The smallest absolute Gasteiger partial charge is 0.274 e. The predicted molar refractivity (Wildman–Crippen MR) is 91.6 cm³/mol. The zero-order chi connectivity index (χ0) is 17.1. The molecule has 25 heavy (non-hydrogen) atoms. The van der Waals surface area contributed by atoms with Crippen LogP contribution in [0.2, 0.25) is 0 Å². The number of rotatable bonds is 4. The molecule has 1 aliphatic heterocycles. The molecule has 3 aromatic rings. The lowest BCUT2D eigenvalue weighted by atomic mass is 10.1. The zero-order valence-electron chi connectivity index (χ0n) is 13.6. The third-order valence-corrected chi connectivity index (χ3v) is 4.20. The van der Waals surface area contributed by atoms with Gasteiger partial charge in [0.25, 0.3) is 5.91 Å². The topological polar surface area (TPSA) is 73.6 Å². The maximum Gasteiger partial charge on any atom is 0.274 e. The van der Waals surface area contributed by atoms with E-state index in [0.29, 0.717) is 23.4 Å². The Morgan fingerprint density at radius 2 is 2.04 bits per heavy atom. The molecule has 4 rings (SSSR count). The van der Waals surface area contributed by atoms with Crippen molar-refractivity contribution in [3.63, 3.8) is 0 Å². The van der Waals surface area contributed by atoms with Crippen LogP contribution >= 0.6 is 0 Å². The minimum absolute atomic E-state index is 0.323. The van der Waals surface area contributed by atoms with Crippen molar-refractivity contribution in [2.24, 2.45) is 0 Å². The van der Waals surface area contributed by atoms with E-state index >= 15 is 0 Å². The lowest BCUT2D eigenvalue weighted by Gasteiger charge is -2.22. The Morgan fingerprint density at radius 3 is 2.84 bits per heavy atom. The number of hydroxylamine groups is 1. The van der Waals surface area contributed by atoms with E-state index in [1.165, 1.54) is 0 Å². The molecule has 1 atom stereocenters. The van der Waals surface area contributed by atoms with Gasteiger partial charge in [-0.1, -0.05) is 35.5 Å². The Hall–Kier alpha value is -2.70. The molecule has 1 amide bonds. The molecule has 1 aliphatic rings. The molecular formula is C19H18N2O4. The Morgan fingerprint density at radius 1 is 1.16 bits per heavy atom. The predicted octanol–water partition coefficient (Wildman–Crippen LogP) is 3.68. The number of nitrogens with one attached hydrogen (secondary N) is 1. The summed E-state index contributed by atoms with van der Waals surface area (Å²) in [5, 5.41) is 4.84. The van der Waals surface area contributed by atoms with Crippen molar-refractivity contribution in [2.75, 3.05) is 6.61 Å². The highest BCUT2D eigenvalue weighted by Gasteiger charge is 2.18. The molecule has 1 fully saturated rings. The average molecular weight is 338 g/mol. The van der Waals surface area contributed by atoms with Crippen LogP contribution in [0.4, 0.5) is 0 Å². The lowest BCUT2D eigenvalue weighted by Crippen LogP contribution is -2.33. The van der Waals surface area contributed by atoms with E-state index in [9.17, 15) is 4.79 Å². The van der Waals surface area contributed by atoms with E-state index in [-0.39, 0.29) is 12.2 Å². The Bertz CT molecular complexity index is 870. The van der Waals surface area contributed by atoms with Crippen LogP contribution in [0.15, 0.2) is 53.1 Å². The molecule has 1 aromatic heterocycles. The fourth-order valence-corrected chi connectivity index (χ4v) is 2.86. The van der Waals surface area contributed by atoms with Crippen molar-refractivity contribution in [3.8, 4) is 11.3 Å². The van der Waals surface area contributed by atoms with Crippen molar-refractivity contribution in [1.29, 1.82) is 0 Å². The van der Waals surface area contributed by atoms with E-state index in [1.54, 1.807) is 18.2 Å². The van der Waals surface area contributed by atoms with Crippen LogP contribution in [0.1, 0.15) is 29.6 Å². The fraction of sp³-hybridized carbons (Fsp3) is 0.263. The van der Waals surface area contributed by atoms with Gasteiger partial charge in [-0.2, -0.15) is 0 Å².